The second kappa shape index (κ2) is 2.57. The molecule has 3 atom stereocenters. The summed E-state index contributed by atoms with van der Waals surface area (Å²) in [6.45, 7) is 0. The molecule has 12 heavy (non-hydrogen) atoms. The Kier molecular flexibility index (Phi) is 1.67. The summed E-state index contributed by atoms with van der Waals surface area (Å²) in [4.78, 5) is 22.0. The Hall–Kier alpha value is -0.860. The number of aliphatic carboxylic acids is 1. The Bertz CT molecular complexity index is 234. The van der Waals surface area contributed by atoms with E-state index in [0.717, 1.165) is 12.8 Å². The van der Waals surface area contributed by atoms with Crippen molar-refractivity contribution >= 4 is 11.8 Å². The van der Waals surface area contributed by atoms with Crippen LogP contribution in [0.1, 0.15) is 25.7 Å². The van der Waals surface area contributed by atoms with E-state index in [1.165, 1.54) is 0 Å². The van der Waals surface area contributed by atoms with Crippen molar-refractivity contribution in [3.63, 3.8) is 0 Å². The minimum Gasteiger partial charge on any atom is -0.481 e. The monoisotopic (exact) mass is 168 g/mol. The van der Waals surface area contributed by atoms with Gasteiger partial charge in [0.2, 0.25) is 0 Å². The summed E-state index contributed by atoms with van der Waals surface area (Å²) in [6.07, 6.45) is 2.91. The van der Waals surface area contributed by atoms with Gasteiger partial charge in [-0.1, -0.05) is 0 Å². The zero-order valence-electron chi connectivity index (χ0n) is 6.82. The molecular weight excluding hydrogens is 156 g/mol. The summed E-state index contributed by atoms with van der Waals surface area (Å²) in [5.41, 5.74) is 0. The van der Waals surface area contributed by atoms with Gasteiger partial charge >= 0.3 is 5.97 Å². The number of hydrogen-bond donors (Lipinski definition) is 1. The number of carboxylic acids is 1. The molecule has 3 unspecified atom stereocenters. The third kappa shape index (κ3) is 0.958. The van der Waals surface area contributed by atoms with Crippen LogP contribution in [0.4, 0.5) is 0 Å². The maximum atomic E-state index is 11.2. The van der Waals surface area contributed by atoms with E-state index in [1.54, 1.807) is 0 Å². The Balaban J connectivity index is 2.11. The standard InChI is InChI=1S/C9H12O3/c10-8-4-3-7(9(11)12)5-1-2-6(5)8/h5-7H,1-4H2,(H,11,12). The van der Waals surface area contributed by atoms with Crippen LogP contribution in [-0.4, -0.2) is 16.9 Å². The lowest BCUT2D eigenvalue weighted by molar-refractivity contribution is -0.152. The molecule has 66 valence electrons. The van der Waals surface area contributed by atoms with Crippen LogP contribution < -0.4 is 0 Å². The molecule has 2 aliphatic rings. The first-order chi connectivity index (χ1) is 5.70. The molecule has 0 heterocycles. The average molecular weight is 168 g/mol. The van der Waals surface area contributed by atoms with Gasteiger partial charge in [0.05, 0.1) is 5.92 Å². The molecule has 1 N–H and O–H groups in total. The highest BCUT2D eigenvalue weighted by molar-refractivity contribution is 5.85. The maximum Gasteiger partial charge on any atom is 0.306 e. The van der Waals surface area contributed by atoms with Crippen molar-refractivity contribution in [2.75, 3.05) is 0 Å². The predicted molar refractivity (Wildman–Crippen MR) is 41.6 cm³/mol. The van der Waals surface area contributed by atoms with Crippen molar-refractivity contribution in [3.05, 3.63) is 0 Å². The molecule has 0 saturated heterocycles. The fourth-order valence-corrected chi connectivity index (χ4v) is 2.41. The van der Waals surface area contributed by atoms with Gasteiger partial charge in [-0.2, -0.15) is 0 Å². The zero-order valence-corrected chi connectivity index (χ0v) is 6.82. The Morgan fingerprint density at radius 2 is 2.08 bits per heavy atom. The SMILES string of the molecule is O=C(O)C1CCC(=O)C2CCC12. The number of carbonyl (C=O) groups excluding carboxylic acids is 1. The highest BCUT2D eigenvalue weighted by Gasteiger charge is 2.46. The smallest absolute Gasteiger partial charge is 0.306 e. The van der Waals surface area contributed by atoms with Crippen LogP contribution in [0.25, 0.3) is 0 Å². The summed E-state index contributed by atoms with van der Waals surface area (Å²) in [6, 6.07) is 0. The molecule has 0 amide bonds. The van der Waals surface area contributed by atoms with Gasteiger partial charge in [0.15, 0.2) is 0 Å². The molecule has 0 spiro atoms. The number of hydrogen-bond acceptors (Lipinski definition) is 2. The summed E-state index contributed by atoms with van der Waals surface area (Å²) in [5.74, 6) is -0.383. The zero-order chi connectivity index (χ0) is 8.72. The molecule has 2 rings (SSSR count). The molecule has 0 aromatic carbocycles. The summed E-state index contributed by atoms with van der Waals surface area (Å²) >= 11 is 0. The van der Waals surface area contributed by atoms with Gasteiger partial charge in [-0.15, -0.1) is 0 Å². The Morgan fingerprint density at radius 1 is 1.33 bits per heavy atom. The topological polar surface area (TPSA) is 54.4 Å². The second-order valence-corrected chi connectivity index (χ2v) is 3.80. The van der Waals surface area contributed by atoms with Gasteiger partial charge < -0.3 is 5.11 Å². The van der Waals surface area contributed by atoms with Gasteiger partial charge in [-0.3, -0.25) is 9.59 Å². The molecule has 0 aromatic rings. The van der Waals surface area contributed by atoms with E-state index >= 15 is 0 Å². The van der Waals surface area contributed by atoms with Crippen molar-refractivity contribution < 1.29 is 14.7 Å². The highest BCUT2D eigenvalue weighted by atomic mass is 16.4. The lowest BCUT2D eigenvalue weighted by Crippen LogP contribution is -2.44. The van der Waals surface area contributed by atoms with E-state index in [4.69, 9.17) is 5.11 Å². The number of fused-ring (bicyclic) bond motifs is 1. The minimum absolute atomic E-state index is 0.0971. The van der Waals surface area contributed by atoms with Gasteiger partial charge in [0.1, 0.15) is 5.78 Å². The Labute approximate surface area is 70.8 Å². The van der Waals surface area contributed by atoms with Crippen LogP contribution in [-0.2, 0) is 9.59 Å². The highest BCUT2D eigenvalue weighted by Crippen LogP contribution is 2.46. The number of carboxylic acid groups (broad SMARTS) is 1. The molecule has 2 saturated carbocycles. The van der Waals surface area contributed by atoms with Crippen LogP contribution in [0.3, 0.4) is 0 Å². The van der Waals surface area contributed by atoms with E-state index < -0.39 is 5.97 Å². The summed E-state index contributed by atoms with van der Waals surface area (Å²) in [5, 5.41) is 8.84. The predicted octanol–water partition coefficient (Wildman–Crippen LogP) is 1.08. The van der Waals surface area contributed by atoms with E-state index in [0.29, 0.717) is 18.6 Å². The van der Waals surface area contributed by atoms with Crippen LogP contribution >= 0.6 is 0 Å². The molecule has 0 radical (unpaired) electrons. The molecule has 0 aromatic heterocycles. The molecule has 2 fully saturated rings. The molecule has 0 aliphatic heterocycles. The number of rotatable bonds is 1. The van der Waals surface area contributed by atoms with E-state index in [2.05, 4.69) is 0 Å². The third-order valence-corrected chi connectivity index (χ3v) is 3.28. The van der Waals surface area contributed by atoms with Gasteiger partial charge in [0.25, 0.3) is 0 Å². The van der Waals surface area contributed by atoms with E-state index in [1.807, 2.05) is 0 Å². The largest absolute Gasteiger partial charge is 0.481 e. The quantitative estimate of drug-likeness (QED) is 0.637. The average Bonchev–Trinajstić information content (AvgIpc) is 1.92. The number of ketones is 1. The first-order valence-electron chi connectivity index (χ1n) is 4.45. The first kappa shape index (κ1) is 7.77. The lowest BCUT2D eigenvalue weighted by Gasteiger charge is -2.42. The molecule has 2 aliphatic carbocycles. The van der Waals surface area contributed by atoms with E-state index in [9.17, 15) is 9.59 Å². The van der Waals surface area contributed by atoms with Crippen molar-refractivity contribution in [1.82, 2.24) is 0 Å². The van der Waals surface area contributed by atoms with Crippen molar-refractivity contribution in [1.29, 1.82) is 0 Å². The second-order valence-electron chi connectivity index (χ2n) is 3.80. The first-order valence-corrected chi connectivity index (χ1v) is 4.45. The van der Waals surface area contributed by atoms with Crippen LogP contribution in [0.2, 0.25) is 0 Å². The molecule has 3 heteroatoms. The normalized spacial score (nSPS) is 40.0. The molecule has 0 bridgehead atoms. The lowest BCUT2D eigenvalue weighted by atomic mass is 9.60. The maximum absolute atomic E-state index is 11.2. The summed E-state index contributed by atoms with van der Waals surface area (Å²) in [7, 11) is 0. The number of Topliss-reactive ketones (excluding diaryl/α,β-unsaturated/α-hetero) is 1. The molecular formula is C9H12O3. The van der Waals surface area contributed by atoms with Crippen LogP contribution in [0.5, 0.6) is 0 Å². The molecule has 3 nitrogen and oxygen atoms in total. The summed E-state index contributed by atoms with van der Waals surface area (Å²) < 4.78 is 0. The van der Waals surface area contributed by atoms with Crippen molar-refractivity contribution in [2.24, 2.45) is 17.8 Å². The number of carbonyl (C=O) groups is 2. The van der Waals surface area contributed by atoms with Gasteiger partial charge in [-0.05, 0) is 25.2 Å². The van der Waals surface area contributed by atoms with Gasteiger partial charge in [0, 0.05) is 12.3 Å². The van der Waals surface area contributed by atoms with Crippen molar-refractivity contribution in [2.45, 2.75) is 25.7 Å². The Morgan fingerprint density at radius 3 is 2.58 bits per heavy atom. The minimum atomic E-state index is -0.711. The van der Waals surface area contributed by atoms with Gasteiger partial charge in [-0.25, -0.2) is 0 Å². The fourth-order valence-electron chi connectivity index (χ4n) is 2.41. The van der Waals surface area contributed by atoms with Crippen molar-refractivity contribution in [3.8, 4) is 0 Å². The van der Waals surface area contributed by atoms with Crippen LogP contribution in [0.15, 0.2) is 0 Å². The van der Waals surface area contributed by atoms with E-state index in [-0.39, 0.29) is 17.8 Å². The third-order valence-electron chi connectivity index (χ3n) is 3.28. The van der Waals surface area contributed by atoms with Crippen LogP contribution in [0, 0.1) is 17.8 Å². The fraction of sp³-hybridized carbons (Fsp3) is 0.778.